The van der Waals surface area contributed by atoms with Gasteiger partial charge in [-0.1, -0.05) is 0 Å². The molecule has 0 aromatic carbocycles. The fourth-order valence-corrected chi connectivity index (χ4v) is 4.28. The highest BCUT2D eigenvalue weighted by atomic mass is 16.5. The van der Waals surface area contributed by atoms with Crippen LogP contribution in [0.3, 0.4) is 0 Å². The molecule has 2 aromatic heterocycles. The fraction of sp³-hybridized carbons (Fsp3) is 0.476. The molecule has 28 heavy (non-hydrogen) atoms. The standard InChI is InChI=1S/C21H23N3O4/c22-11-14-20(18-7-6-17(28-18)16-3-1-2-8-27-16)13-9-12(10-19(25)26)4-5-15(13)24-21(14)23/h6-7,12,16H,1-5,8-10H2,(H2,23,24)(H,25,26). The molecule has 0 bridgehead atoms. The van der Waals surface area contributed by atoms with Crippen molar-refractivity contribution in [2.75, 3.05) is 12.3 Å². The van der Waals surface area contributed by atoms with E-state index in [-0.39, 0.29) is 24.3 Å². The van der Waals surface area contributed by atoms with Crippen LogP contribution in [-0.4, -0.2) is 22.7 Å². The Hall–Kier alpha value is -2.85. The molecule has 3 N–H and O–H groups in total. The number of nitrogen functional groups attached to an aromatic ring is 1. The van der Waals surface area contributed by atoms with Gasteiger partial charge in [0, 0.05) is 24.3 Å². The van der Waals surface area contributed by atoms with Crippen molar-refractivity contribution in [1.82, 2.24) is 4.98 Å². The molecule has 2 atom stereocenters. The van der Waals surface area contributed by atoms with Gasteiger partial charge in [-0.3, -0.25) is 4.79 Å². The maximum atomic E-state index is 11.2. The lowest BCUT2D eigenvalue weighted by atomic mass is 9.81. The van der Waals surface area contributed by atoms with Gasteiger partial charge < -0.3 is 20.0 Å². The predicted octanol–water partition coefficient (Wildman–Crippen LogP) is 3.62. The summed E-state index contributed by atoms with van der Waals surface area (Å²) in [5.74, 6) is 0.716. The number of carboxylic acid groups (broad SMARTS) is 1. The largest absolute Gasteiger partial charge is 0.481 e. The van der Waals surface area contributed by atoms with Crippen molar-refractivity contribution in [3.05, 3.63) is 34.7 Å². The number of anilines is 1. The summed E-state index contributed by atoms with van der Waals surface area (Å²) >= 11 is 0. The number of hydrogen-bond acceptors (Lipinski definition) is 6. The average Bonchev–Trinajstić information content (AvgIpc) is 3.17. The molecular weight excluding hydrogens is 358 g/mol. The molecule has 2 unspecified atom stereocenters. The van der Waals surface area contributed by atoms with E-state index >= 15 is 0 Å². The van der Waals surface area contributed by atoms with E-state index in [1.807, 2.05) is 12.1 Å². The maximum absolute atomic E-state index is 11.2. The van der Waals surface area contributed by atoms with Gasteiger partial charge in [-0.2, -0.15) is 5.26 Å². The molecule has 7 heteroatoms. The first kappa shape index (κ1) is 18.5. The van der Waals surface area contributed by atoms with Crippen LogP contribution in [0.4, 0.5) is 5.82 Å². The van der Waals surface area contributed by atoms with Crippen LogP contribution in [0.25, 0.3) is 11.3 Å². The Bertz CT molecular complexity index is 938. The summed E-state index contributed by atoms with van der Waals surface area (Å²) in [6.07, 6.45) is 5.05. The molecule has 0 radical (unpaired) electrons. The lowest BCUT2D eigenvalue weighted by molar-refractivity contribution is -0.138. The van der Waals surface area contributed by atoms with Gasteiger partial charge in [0.2, 0.25) is 0 Å². The van der Waals surface area contributed by atoms with Crippen LogP contribution in [0, 0.1) is 17.2 Å². The minimum atomic E-state index is -0.811. The minimum Gasteiger partial charge on any atom is -0.481 e. The smallest absolute Gasteiger partial charge is 0.303 e. The summed E-state index contributed by atoms with van der Waals surface area (Å²) in [5, 5.41) is 18.9. The number of nitrogens with zero attached hydrogens (tertiary/aromatic N) is 2. The normalized spacial score (nSPS) is 21.7. The van der Waals surface area contributed by atoms with Crippen LogP contribution >= 0.6 is 0 Å². The summed E-state index contributed by atoms with van der Waals surface area (Å²) in [6, 6.07) is 5.91. The summed E-state index contributed by atoms with van der Waals surface area (Å²) in [6.45, 7) is 0.721. The molecular formula is C21H23N3O4. The van der Waals surface area contributed by atoms with Crippen molar-refractivity contribution in [1.29, 1.82) is 5.26 Å². The first-order valence-electron chi connectivity index (χ1n) is 9.71. The number of nitriles is 1. The summed E-state index contributed by atoms with van der Waals surface area (Å²) in [5.41, 5.74) is 8.73. The Kier molecular flexibility index (Phi) is 5.05. The highest BCUT2D eigenvalue weighted by molar-refractivity contribution is 5.77. The van der Waals surface area contributed by atoms with Gasteiger partial charge in [-0.15, -0.1) is 0 Å². The number of fused-ring (bicyclic) bond motifs is 1. The number of pyridine rings is 1. The van der Waals surface area contributed by atoms with Gasteiger partial charge in [-0.05, 0) is 62.1 Å². The summed E-state index contributed by atoms with van der Waals surface area (Å²) < 4.78 is 11.9. The van der Waals surface area contributed by atoms with E-state index in [1.54, 1.807) is 0 Å². The van der Waals surface area contributed by atoms with Gasteiger partial charge >= 0.3 is 5.97 Å². The second kappa shape index (κ2) is 7.64. The first-order valence-corrected chi connectivity index (χ1v) is 9.71. The molecule has 0 amide bonds. The van der Waals surface area contributed by atoms with E-state index < -0.39 is 5.97 Å². The average molecular weight is 381 g/mol. The van der Waals surface area contributed by atoms with Crippen molar-refractivity contribution in [2.24, 2.45) is 5.92 Å². The third-order valence-electron chi connectivity index (χ3n) is 5.64. The lowest BCUT2D eigenvalue weighted by Gasteiger charge is -2.25. The van der Waals surface area contributed by atoms with Crippen molar-refractivity contribution in [2.45, 2.75) is 51.0 Å². The SMILES string of the molecule is N#Cc1c(N)nc2c(c1-c1ccc(C3CCCCO3)o1)CC(CC(=O)O)CC2. The third kappa shape index (κ3) is 3.48. The number of carboxylic acids is 1. The van der Waals surface area contributed by atoms with Crippen molar-refractivity contribution in [3.63, 3.8) is 0 Å². The Morgan fingerprint density at radius 2 is 2.21 bits per heavy atom. The van der Waals surface area contributed by atoms with Crippen LogP contribution in [0.5, 0.6) is 0 Å². The predicted molar refractivity (Wildman–Crippen MR) is 101 cm³/mol. The van der Waals surface area contributed by atoms with Gasteiger partial charge in [0.25, 0.3) is 0 Å². The number of furan rings is 1. The van der Waals surface area contributed by atoms with E-state index in [0.717, 1.165) is 49.3 Å². The zero-order valence-corrected chi connectivity index (χ0v) is 15.6. The highest BCUT2D eigenvalue weighted by Gasteiger charge is 2.29. The Morgan fingerprint density at radius 3 is 2.93 bits per heavy atom. The Balaban J connectivity index is 1.76. The Morgan fingerprint density at radius 1 is 1.36 bits per heavy atom. The molecule has 3 heterocycles. The number of aryl methyl sites for hydroxylation is 1. The molecule has 4 rings (SSSR count). The topological polar surface area (TPSA) is 122 Å². The maximum Gasteiger partial charge on any atom is 0.303 e. The molecule has 1 aliphatic heterocycles. The number of nitrogens with two attached hydrogens (primary N) is 1. The molecule has 0 spiro atoms. The number of rotatable bonds is 4. The van der Waals surface area contributed by atoms with Crippen LogP contribution in [-0.2, 0) is 22.4 Å². The van der Waals surface area contributed by atoms with E-state index in [9.17, 15) is 15.2 Å². The Labute approximate surface area is 163 Å². The van der Waals surface area contributed by atoms with E-state index in [1.165, 1.54) is 0 Å². The van der Waals surface area contributed by atoms with Gasteiger partial charge in [0.05, 0.1) is 0 Å². The number of carbonyl (C=O) groups is 1. The van der Waals surface area contributed by atoms with Gasteiger partial charge in [0.1, 0.15) is 35.1 Å². The highest BCUT2D eigenvalue weighted by Crippen LogP contribution is 2.40. The molecule has 2 aromatic rings. The fourth-order valence-electron chi connectivity index (χ4n) is 4.28. The van der Waals surface area contributed by atoms with Crippen LogP contribution in [0.2, 0.25) is 0 Å². The van der Waals surface area contributed by atoms with Crippen LogP contribution < -0.4 is 5.73 Å². The van der Waals surface area contributed by atoms with Crippen molar-refractivity contribution >= 4 is 11.8 Å². The number of hydrogen-bond donors (Lipinski definition) is 2. The molecule has 7 nitrogen and oxygen atoms in total. The van der Waals surface area contributed by atoms with E-state index in [2.05, 4.69) is 11.1 Å². The van der Waals surface area contributed by atoms with Crippen molar-refractivity contribution < 1.29 is 19.1 Å². The zero-order chi connectivity index (χ0) is 19.7. The molecule has 146 valence electrons. The quantitative estimate of drug-likeness (QED) is 0.829. The van der Waals surface area contributed by atoms with E-state index in [4.69, 9.17) is 14.9 Å². The number of aromatic nitrogens is 1. The lowest BCUT2D eigenvalue weighted by Crippen LogP contribution is -2.20. The third-order valence-corrected chi connectivity index (χ3v) is 5.64. The molecule has 2 aliphatic rings. The van der Waals surface area contributed by atoms with Crippen LogP contribution in [0.1, 0.15) is 60.8 Å². The molecule has 1 saturated heterocycles. The van der Waals surface area contributed by atoms with Gasteiger partial charge in [-0.25, -0.2) is 4.98 Å². The van der Waals surface area contributed by atoms with Crippen molar-refractivity contribution in [3.8, 4) is 17.4 Å². The number of ether oxygens (including phenoxy) is 1. The second-order valence-electron chi connectivity index (χ2n) is 7.55. The molecule has 1 aliphatic carbocycles. The minimum absolute atomic E-state index is 0.0110. The first-order chi connectivity index (χ1) is 13.6. The van der Waals surface area contributed by atoms with E-state index in [0.29, 0.717) is 29.7 Å². The second-order valence-corrected chi connectivity index (χ2v) is 7.55. The monoisotopic (exact) mass is 381 g/mol. The van der Waals surface area contributed by atoms with Crippen LogP contribution in [0.15, 0.2) is 16.5 Å². The number of aliphatic carboxylic acids is 1. The molecule has 0 saturated carbocycles. The summed E-state index contributed by atoms with van der Waals surface area (Å²) in [7, 11) is 0. The van der Waals surface area contributed by atoms with Gasteiger partial charge in [0.15, 0.2) is 0 Å². The molecule has 1 fully saturated rings. The summed E-state index contributed by atoms with van der Waals surface area (Å²) in [4.78, 5) is 15.6. The zero-order valence-electron chi connectivity index (χ0n) is 15.6.